The molecule has 0 saturated heterocycles. The molecule has 0 aliphatic heterocycles. The minimum atomic E-state index is -0.909. The Morgan fingerprint density at radius 3 is 2.47 bits per heavy atom. The van der Waals surface area contributed by atoms with Crippen LogP contribution in [0.3, 0.4) is 0 Å². The van der Waals surface area contributed by atoms with Gasteiger partial charge in [0.1, 0.15) is 11.2 Å². The number of hydrogen-bond donors (Lipinski definition) is 0. The fraction of sp³-hybridized carbons (Fsp3) is 0.300. The van der Waals surface area contributed by atoms with E-state index in [-0.39, 0.29) is 10.9 Å². The Kier molecular flexibility index (Phi) is 3.94. The van der Waals surface area contributed by atoms with E-state index < -0.39 is 11.2 Å². The Bertz CT molecular complexity index is 361. The molecule has 1 rings (SSSR count). The van der Waals surface area contributed by atoms with E-state index in [1.54, 1.807) is 14.1 Å². The van der Waals surface area contributed by atoms with E-state index >= 15 is 0 Å². The number of rotatable bonds is 2. The molecule has 5 heteroatoms. The zero-order chi connectivity index (χ0) is 11.6. The standard InChI is InChI=1S/C10H10Cl2FNO/c1-14(2)10(15)9(12)6-3-7(11)5-8(13)4-6/h3-5,9H,1-2H3. The van der Waals surface area contributed by atoms with Gasteiger partial charge in [-0.2, -0.15) is 0 Å². The third-order valence-electron chi connectivity index (χ3n) is 1.84. The Morgan fingerprint density at radius 1 is 1.40 bits per heavy atom. The van der Waals surface area contributed by atoms with Crippen LogP contribution < -0.4 is 0 Å². The van der Waals surface area contributed by atoms with Crippen molar-refractivity contribution in [1.82, 2.24) is 4.90 Å². The average Bonchev–Trinajstić information content (AvgIpc) is 2.13. The molecule has 0 aliphatic rings. The quantitative estimate of drug-likeness (QED) is 0.739. The van der Waals surface area contributed by atoms with Gasteiger partial charge in [0.05, 0.1) is 0 Å². The second-order valence-electron chi connectivity index (χ2n) is 3.30. The van der Waals surface area contributed by atoms with Crippen molar-refractivity contribution in [1.29, 1.82) is 0 Å². The Balaban J connectivity index is 3.00. The van der Waals surface area contributed by atoms with E-state index in [2.05, 4.69) is 0 Å². The minimum Gasteiger partial charge on any atom is -0.347 e. The maximum absolute atomic E-state index is 13.0. The van der Waals surface area contributed by atoms with E-state index in [9.17, 15) is 9.18 Å². The molecule has 0 bridgehead atoms. The molecule has 0 radical (unpaired) electrons. The van der Waals surface area contributed by atoms with Crippen LogP contribution in [0.1, 0.15) is 10.9 Å². The van der Waals surface area contributed by atoms with Crippen LogP contribution in [0.25, 0.3) is 0 Å². The number of alkyl halides is 1. The molecule has 1 atom stereocenters. The lowest BCUT2D eigenvalue weighted by atomic mass is 10.1. The predicted molar refractivity (Wildman–Crippen MR) is 58.7 cm³/mol. The van der Waals surface area contributed by atoms with Gasteiger partial charge in [0.15, 0.2) is 0 Å². The maximum Gasteiger partial charge on any atom is 0.244 e. The molecule has 0 spiro atoms. The lowest BCUT2D eigenvalue weighted by molar-refractivity contribution is -0.128. The molecule has 1 amide bonds. The molecule has 15 heavy (non-hydrogen) atoms. The van der Waals surface area contributed by atoms with Crippen molar-refractivity contribution in [3.05, 3.63) is 34.6 Å². The Hall–Kier alpha value is -0.800. The summed E-state index contributed by atoms with van der Waals surface area (Å²) in [6.07, 6.45) is 0. The Morgan fingerprint density at radius 2 is 2.00 bits per heavy atom. The number of likely N-dealkylation sites (N-methyl/N-ethyl adjacent to an activating group) is 1. The zero-order valence-electron chi connectivity index (χ0n) is 8.30. The first-order valence-corrected chi connectivity index (χ1v) is 5.04. The van der Waals surface area contributed by atoms with Crippen LogP contribution in [0.2, 0.25) is 5.02 Å². The van der Waals surface area contributed by atoms with Crippen molar-refractivity contribution >= 4 is 29.1 Å². The highest BCUT2D eigenvalue weighted by Crippen LogP contribution is 2.25. The van der Waals surface area contributed by atoms with E-state index in [1.807, 2.05) is 0 Å². The van der Waals surface area contributed by atoms with Crippen molar-refractivity contribution in [2.45, 2.75) is 5.38 Å². The van der Waals surface area contributed by atoms with Gasteiger partial charge in [-0.15, -0.1) is 11.6 Å². The summed E-state index contributed by atoms with van der Waals surface area (Å²) in [6.45, 7) is 0. The van der Waals surface area contributed by atoms with E-state index in [4.69, 9.17) is 23.2 Å². The zero-order valence-corrected chi connectivity index (χ0v) is 9.81. The molecule has 1 aromatic rings. The van der Waals surface area contributed by atoms with Crippen LogP contribution in [0.15, 0.2) is 18.2 Å². The fourth-order valence-corrected chi connectivity index (χ4v) is 1.64. The first kappa shape index (κ1) is 12.3. The summed E-state index contributed by atoms with van der Waals surface area (Å²) < 4.78 is 13.0. The van der Waals surface area contributed by atoms with Gasteiger partial charge in [-0.3, -0.25) is 4.79 Å². The molecule has 0 aliphatic carbocycles. The van der Waals surface area contributed by atoms with Crippen LogP contribution >= 0.6 is 23.2 Å². The van der Waals surface area contributed by atoms with Gasteiger partial charge in [0.25, 0.3) is 0 Å². The molecule has 82 valence electrons. The molecule has 0 saturated carbocycles. The van der Waals surface area contributed by atoms with E-state index in [0.717, 1.165) is 6.07 Å². The van der Waals surface area contributed by atoms with Crippen molar-refractivity contribution in [3.8, 4) is 0 Å². The van der Waals surface area contributed by atoms with Crippen LogP contribution in [-0.4, -0.2) is 24.9 Å². The van der Waals surface area contributed by atoms with Gasteiger partial charge in [0.2, 0.25) is 5.91 Å². The summed E-state index contributed by atoms with van der Waals surface area (Å²) in [7, 11) is 3.16. The minimum absolute atomic E-state index is 0.224. The third-order valence-corrected chi connectivity index (χ3v) is 2.49. The van der Waals surface area contributed by atoms with Gasteiger partial charge < -0.3 is 4.90 Å². The van der Waals surface area contributed by atoms with Crippen molar-refractivity contribution in [2.75, 3.05) is 14.1 Å². The van der Waals surface area contributed by atoms with Gasteiger partial charge in [-0.25, -0.2) is 4.39 Å². The molecule has 2 nitrogen and oxygen atoms in total. The number of carbonyl (C=O) groups is 1. The number of amides is 1. The lowest BCUT2D eigenvalue weighted by Gasteiger charge is -2.15. The van der Waals surface area contributed by atoms with Gasteiger partial charge >= 0.3 is 0 Å². The first-order chi connectivity index (χ1) is 6.91. The number of nitrogens with zero attached hydrogens (tertiary/aromatic N) is 1. The molecule has 0 fully saturated rings. The highest BCUT2D eigenvalue weighted by molar-refractivity contribution is 6.32. The van der Waals surface area contributed by atoms with Gasteiger partial charge in [-0.1, -0.05) is 11.6 Å². The fourth-order valence-electron chi connectivity index (χ4n) is 1.09. The number of halogens is 3. The number of benzene rings is 1. The van der Waals surface area contributed by atoms with Gasteiger partial charge in [0, 0.05) is 19.1 Å². The summed E-state index contributed by atoms with van der Waals surface area (Å²) in [5.74, 6) is -0.812. The number of carbonyl (C=O) groups excluding carboxylic acids is 1. The van der Waals surface area contributed by atoms with E-state index in [0.29, 0.717) is 5.56 Å². The first-order valence-electron chi connectivity index (χ1n) is 4.23. The maximum atomic E-state index is 13.0. The average molecular weight is 250 g/mol. The highest BCUT2D eigenvalue weighted by Gasteiger charge is 2.20. The smallest absolute Gasteiger partial charge is 0.244 e. The Labute approximate surface area is 97.6 Å². The highest BCUT2D eigenvalue weighted by atomic mass is 35.5. The van der Waals surface area contributed by atoms with Crippen LogP contribution in [0.4, 0.5) is 4.39 Å². The topological polar surface area (TPSA) is 20.3 Å². The third kappa shape index (κ3) is 3.08. The second kappa shape index (κ2) is 4.81. The van der Waals surface area contributed by atoms with Crippen LogP contribution in [0.5, 0.6) is 0 Å². The molecule has 0 aromatic heterocycles. The normalized spacial score (nSPS) is 12.3. The molecule has 0 N–H and O–H groups in total. The molecule has 0 heterocycles. The SMILES string of the molecule is CN(C)C(=O)C(Cl)c1cc(F)cc(Cl)c1. The summed E-state index contributed by atoms with van der Waals surface area (Å²) in [5.41, 5.74) is 0.361. The summed E-state index contributed by atoms with van der Waals surface area (Å²) in [4.78, 5) is 12.8. The van der Waals surface area contributed by atoms with Crippen molar-refractivity contribution in [3.63, 3.8) is 0 Å². The van der Waals surface area contributed by atoms with Crippen LogP contribution in [-0.2, 0) is 4.79 Å². The molecular weight excluding hydrogens is 240 g/mol. The van der Waals surface area contributed by atoms with Gasteiger partial charge in [-0.05, 0) is 23.8 Å². The largest absolute Gasteiger partial charge is 0.347 e. The molecular formula is C10H10Cl2FNO. The monoisotopic (exact) mass is 249 g/mol. The van der Waals surface area contributed by atoms with Crippen molar-refractivity contribution < 1.29 is 9.18 Å². The summed E-state index contributed by atoms with van der Waals surface area (Å²) in [5, 5.41) is -0.685. The van der Waals surface area contributed by atoms with Crippen LogP contribution in [0, 0.1) is 5.82 Å². The molecule has 1 unspecified atom stereocenters. The summed E-state index contributed by atoms with van der Waals surface area (Å²) in [6, 6.07) is 3.84. The number of hydrogen-bond acceptors (Lipinski definition) is 1. The molecule has 1 aromatic carbocycles. The second-order valence-corrected chi connectivity index (χ2v) is 4.17. The van der Waals surface area contributed by atoms with Crippen molar-refractivity contribution in [2.24, 2.45) is 0 Å². The predicted octanol–water partition coefficient (Wildman–Crippen LogP) is 2.85. The lowest BCUT2D eigenvalue weighted by Crippen LogP contribution is -2.25. The van der Waals surface area contributed by atoms with E-state index in [1.165, 1.54) is 17.0 Å². The summed E-state index contributed by atoms with van der Waals surface area (Å²) >= 11 is 11.5.